The topological polar surface area (TPSA) is 120 Å². The molecule has 3 aromatic rings. The van der Waals surface area contributed by atoms with Crippen LogP contribution in [0.3, 0.4) is 0 Å². The van der Waals surface area contributed by atoms with E-state index in [-0.39, 0.29) is 45.5 Å². The lowest BCUT2D eigenvalue weighted by atomic mass is 10.2. The molecule has 1 aliphatic heterocycles. The maximum Gasteiger partial charge on any atom is 0.340 e. The largest absolute Gasteiger partial charge is 0.496 e. The van der Waals surface area contributed by atoms with Crippen LogP contribution in [-0.2, 0) is 14.9 Å². The van der Waals surface area contributed by atoms with Gasteiger partial charge in [-0.05, 0) is 42.5 Å². The van der Waals surface area contributed by atoms with Crippen LogP contribution in [0.15, 0.2) is 65.6 Å². The van der Waals surface area contributed by atoms with Gasteiger partial charge in [-0.1, -0.05) is 23.7 Å². The average molecular weight is 489 g/mol. The summed E-state index contributed by atoms with van der Waals surface area (Å²) in [5, 5.41) is 5.11. The molecule has 0 fully saturated rings. The number of ether oxygens (including phenoxy) is 2. The van der Waals surface area contributed by atoms with Crippen LogP contribution < -0.4 is 24.3 Å². The second-order valence-electron chi connectivity index (χ2n) is 6.83. The fourth-order valence-corrected chi connectivity index (χ4v) is 4.52. The summed E-state index contributed by atoms with van der Waals surface area (Å²) >= 11 is 6.10. The van der Waals surface area contributed by atoms with E-state index in [0.717, 1.165) is 0 Å². The summed E-state index contributed by atoms with van der Waals surface area (Å²) < 4.78 is 41.1. The van der Waals surface area contributed by atoms with Gasteiger partial charge in [-0.3, -0.25) is 9.59 Å². The highest BCUT2D eigenvalue weighted by atomic mass is 35.5. The van der Waals surface area contributed by atoms with Gasteiger partial charge in [-0.25, -0.2) is 0 Å². The van der Waals surface area contributed by atoms with E-state index in [1.54, 1.807) is 24.3 Å². The minimum Gasteiger partial charge on any atom is -0.496 e. The lowest BCUT2D eigenvalue weighted by molar-refractivity contribution is -0.118. The van der Waals surface area contributed by atoms with Gasteiger partial charge in [0.25, 0.3) is 11.8 Å². The number of nitrogens with one attached hydrogen (secondary N) is 2. The number of rotatable bonds is 6. The second kappa shape index (κ2) is 9.00. The van der Waals surface area contributed by atoms with Gasteiger partial charge in [0.2, 0.25) is 0 Å². The van der Waals surface area contributed by atoms with Crippen LogP contribution in [0.2, 0.25) is 5.02 Å². The smallest absolute Gasteiger partial charge is 0.340 e. The molecule has 1 aliphatic rings. The van der Waals surface area contributed by atoms with Gasteiger partial charge < -0.3 is 24.3 Å². The minimum atomic E-state index is -4.31. The normalized spacial score (nSPS) is 12.7. The number of fused-ring (bicyclic) bond motifs is 1. The summed E-state index contributed by atoms with van der Waals surface area (Å²) in [4.78, 5) is 23.6. The van der Waals surface area contributed by atoms with Crippen LogP contribution >= 0.6 is 11.6 Å². The third kappa shape index (κ3) is 4.86. The zero-order valence-corrected chi connectivity index (χ0v) is 18.7. The van der Waals surface area contributed by atoms with E-state index < -0.39 is 10.1 Å². The molecule has 0 saturated heterocycles. The van der Waals surface area contributed by atoms with Gasteiger partial charge in [-0.15, -0.1) is 0 Å². The van der Waals surface area contributed by atoms with Crippen molar-refractivity contribution in [3.8, 4) is 17.2 Å². The Morgan fingerprint density at radius 2 is 1.85 bits per heavy atom. The van der Waals surface area contributed by atoms with Crippen LogP contribution in [0.25, 0.3) is 0 Å². The van der Waals surface area contributed by atoms with E-state index in [0.29, 0.717) is 17.0 Å². The molecule has 2 amide bonds. The van der Waals surface area contributed by atoms with Crippen molar-refractivity contribution in [3.05, 3.63) is 71.2 Å². The standard InChI is InChI=1S/C22H17ClN2O7S/c1-30-18-5-3-2-4-15(18)22(27)24-13-6-8-14(9-7-13)32-33(28,29)20-11-19-17(10-16(20)23)25-21(26)12-31-19/h2-11H,12H2,1H3,(H,24,27)(H,25,26). The van der Waals surface area contributed by atoms with Crippen molar-refractivity contribution < 1.29 is 31.7 Å². The van der Waals surface area contributed by atoms with Crippen LogP contribution in [0.5, 0.6) is 17.2 Å². The first-order valence-electron chi connectivity index (χ1n) is 9.52. The molecule has 0 radical (unpaired) electrons. The fourth-order valence-electron chi connectivity index (χ4n) is 3.07. The predicted molar refractivity (Wildman–Crippen MR) is 121 cm³/mol. The SMILES string of the molecule is COc1ccccc1C(=O)Nc1ccc(OS(=O)(=O)c2cc3c(cc2Cl)NC(=O)CO3)cc1. The van der Waals surface area contributed by atoms with Crippen molar-refractivity contribution in [2.75, 3.05) is 24.4 Å². The van der Waals surface area contributed by atoms with Gasteiger partial charge in [-0.2, -0.15) is 8.42 Å². The zero-order valence-electron chi connectivity index (χ0n) is 17.1. The Kier molecular flexibility index (Phi) is 6.12. The first-order chi connectivity index (χ1) is 15.8. The summed E-state index contributed by atoms with van der Waals surface area (Å²) in [7, 11) is -2.84. The van der Waals surface area contributed by atoms with Gasteiger partial charge in [0.1, 0.15) is 22.1 Å². The first-order valence-corrected chi connectivity index (χ1v) is 11.3. The third-order valence-electron chi connectivity index (χ3n) is 4.61. The maximum absolute atomic E-state index is 12.8. The highest BCUT2D eigenvalue weighted by Crippen LogP contribution is 2.36. The van der Waals surface area contributed by atoms with Crippen LogP contribution in [0, 0.1) is 0 Å². The molecule has 0 unspecified atom stereocenters. The van der Waals surface area contributed by atoms with Crippen molar-refractivity contribution >= 4 is 44.9 Å². The Morgan fingerprint density at radius 3 is 2.58 bits per heavy atom. The number of methoxy groups -OCH3 is 1. The Morgan fingerprint density at radius 1 is 1.12 bits per heavy atom. The van der Waals surface area contributed by atoms with E-state index in [2.05, 4.69) is 10.6 Å². The summed E-state index contributed by atoms with van der Waals surface area (Å²) in [6, 6.07) is 15.0. The number of carbonyl (C=O) groups excluding carboxylic acids is 2. The molecule has 11 heteroatoms. The van der Waals surface area contributed by atoms with Crippen molar-refractivity contribution in [3.63, 3.8) is 0 Å². The molecule has 0 atom stereocenters. The van der Waals surface area contributed by atoms with Crippen molar-refractivity contribution in [2.45, 2.75) is 4.90 Å². The van der Waals surface area contributed by atoms with Crippen molar-refractivity contribution in [1.29, 1.82) is 0 Å². The van der Waals surface area contributed by atoms with Gasteiger partial charge in [0, 0.05) is 11.8 Å². The fraction of sp³-hybridized carbons (Fsp3) is 0.0909. The second-order valence-corrected chi connectivity index (χ2v) is 8.75. The van der Waals surface area contributed by atoms with E-state index in [1.807, 2.05) is 0 Å². The molecular formula is C22H17ClN2O7S. The molecule has 0 spiro atoms. The highest BCUT2D eigenvalue weighted by Gasteiger charge is 2.26. The lowest BCUT2D eigenvalue weighted by Gasteiger charge is -2.19. The molecule has 9 nitrogen and oxygen atoms in total. The molecule has 3 aromatic carbocycles. The van der Waals surface area contributed by atoms with E-state index in [4.69, 9.17) is 25.3 Å². The molecule has 0 bridgehead atoms. The number of hydrogen-bond acceptors (Lipinski definition) is 7. The predicted octanol–water partition coefficient (Wildman–Crippen LogP) is 3.70. The average Bonchev–Trinajstić information content (AvgIpc) is 2.79. The molecule has 4 rings (SSSR count). The Balaban J connectivity index is 1.50. The summed E-state index contributed by atoms with van der Waals surface area (Å²) in [6.07, 6.45) is 0. The molecule has 1 heterocycles. The van der Waals surface area contributed by atoms with Gasteiger partial charge >= 0.3 is 10.1 Å². The zero-order chi connectivity index (χ0) is 23.6. The van der Waals surface area contributed by atoms with Crippen molar-refractivity contribution in [2.24, 2.45) is 0 Å². The number of amides is 2. The third-order valence-corrected chi connectivity index (χ3v) is 6.32. The van der Waals surface area contributed by atoms with Gasteiger partial charge in [0.15, 0.2) is 6.61 Å². The van der Waals surface area contributed by atoms with Crippen LogP contribution in [0.1, 0.15) is 10.4 Å². The first kappa shape index (κ1) is 22.4. The molecule has 0 saturated carbocycles. The Labute approximate surface area is 194 Å². The monoisotopic (exact) mass is 488 g/mol. The Hall–Kier alpha value is -3.76. The van der Waals surface area contributed by atoms with E-state index >= 15 is 0 Å². The molecular weight excluding hydrogens is 472 g/mol. The van der Waals surface area contributed by atoms with Crippen LogP contribution in [0.4, 0.5) is 11.4 Å². The molecule has 2 N–H and O–H groups in total. The molecule has 0 aromatic heterocycles. The van der Waals surface area contributed by atoms with E-state index in [9.17, 15) is 18.0 Å². The molecule has 170 valence electrons. The summed E-state index contributed by atoms with van der Waals surface area (Å²) in [5.41, 5.74) is 1.04. The lowest BCUT2D eigenvalue weighted by Crippen LogP contribution is -2.25. The molecule has 33 heavy (non-hydrogen) atoms. The van der Waals surface area contributed by atoms with Crippen LogP contribution in [-0.4, -0.2) is 33.9 Å². The summed E-state index contributed by atoms with van der Waals surface area (Å²) in [6.45, 7) is -0.239. The van der Waals surface area contributed by atoms with Gasteiger partial charge in [0.05, 0.1) is 23.4 Å². The number of hydrogen-bond donors (Lipinski definition) is 2. The quantitative estimate of drug-likeness (QED) is 0.507. The number of para-hydroxylation sites is 1. The number of halogens is 1. The molecule has 0 aliphatic carbocycles. The van der Waals surface area contributed by atoms with E-state index in [1.165, 1.54) is 43.5 Å². The number of benzene rings is 3. The maximum atomic E-state index is 12.8. The Bertz CT molecular complexity index is 1340. The number of carbonyl (C=O) groups is 2. The number of anilines is 2. The van der Waals surface area contributed by atoms with Crippen molar-refractivity contribution in [1.82, 2.24) is 0 Å². The minimum absolute atomic E-state index is 0.00768. The highest BCUT2D eigenvalue weighted by molar-refractivity contribution is 7.87. The summed E-state index contributed by atoms with van der Waals surface area (Å²) in [5.74, 6) is -0.166.